The fraction of sp³-hybridized carbons (Fsp3) is 0.600. The largest absolute Gasteiger partial charge is 0.496 e. The van der Waals surface area contributed by atoms with Gasteiger partial charge in [-0.3, -0.25) is 4.90 Å². The van der Waals surface area contributed by atoms with E-state index in [0.717, 1.165) is 37.4 Å². The lowest BCUT2D eigenvalue weighted by Crippen LogP contribution is -2.44. The van der Waals surface area contributed by atoms with E-state index in [4.69, 9.17) is 4.74 Å². The molecular formula is C15H23NO3. The van der Waals surface area contributed by atoms with Gasteiger partial charge in [-0.05, 0) is 30.5 Å². The van der Waals surface area contributed by atoms with Crippen LogP contribution in [0.2, 0.25) is 0 Å². The van der Waals surface area contributed by atoms with Gasteiger partial charge in [0.05, 0.1) is 13.2 Å². The van der Waals surface area contributed by atoms with Crippen molar-refractivity contribution in [2.75, 3.05) is 26.8 Å². The van der Waals surface area contributed by atoms with Gasteiger partial charge in [0.1, 0.15) is 5.75 Å². The Morgan fingerprint density at radius 2 is 2.21 bits per heavy atom. The summed E-state index contributed by atoms with van der Waals surface area (Å²) >= 11 is 0. The Morgan fingerprint density at radius 1 is 1.42 bits per heavy atom. The number of aliphatic hydroxyl groups is 2. The van der Waals surface area contributed by atoms with Crippen LogP contribution in [-0.4, -0.2) is 48.0 Å². The molecule has 2 rings (SSSR count). The van der Waals surface area contributed by atoms with E-state index < -0.39 is 0 Å². The van der Waals surface area contributed by atoms with E-state index in [9.17, 15) is 10.2 Å². The third-order valence-electron chi connectivity index (χ3n) is 3.88. The summed E-state index contributed by atoms with van der Waals surface area (Å²) in [5.41, 5.74) is 2.38. The van der Waals surface area contributed by atoms with E-state index >= 15 is 0 Å². The Hall–Kier alpha value is -1.10. The van der Waals surface area contributed by atoms with Crippen LogP contribution < -0.4 is 4.74 Å². The summed E-state index contributed by atoms with van der Waals surface area (Å²) in [5.74, 6) is 0.888. The minimum absolute atomic E-state index is 0.0203. The van der Waals surface area contributed by atoms with E-state index in [2.05, 4.69) is 17.0 Å². The first-order chi connectivity index (χ1) is 9.13. The molecular weight excluding hydrogens is 242 g/mol. The summed E-state index contributed by atoms with van der Waals surface area (Å²) < 4.78 is 5.26. The monoisotopic (exact) mass is 265 g/mol. The van der Waals surface area contributed by atoms with E-state index in [0.29, 0.717) is 0 Å². The zero-order valence-electron chi connectivity index (χ0n) is 11.7. The van der Waals surface area contributed by atoms with Crippen LogP contribution in [0.1, 0.15) is 17.5 Å². The molecule has 0 aromatic heterocycles. The zero-order chi connectivity index (χ0) is 13.8. The molecule has 1 aliphatic heterocycles. The first-order valence-corrected chi connectivity index (χ1v) is 6.79. The highest BCUT2D eigenvalue weighted by Gasteiger charge is 2.26. The van der Waals surface area contributed by atoms with Crippen LogP contribution in [0.25, 0.3) is 0 Å². The van der Waals surface area contributed by atoms with E-state index in [-0.39, 0.29) is 18.6 Å². The summed E-state index contributed by atoms with van der Waals surface area (Å²) in [6.07, 6.45) is 0.374. The molecule has 19 heavy (non-hydrogen) atoms. The number of rotatable bonds is 4. The van der Waals surface area contributed by atoms with Gasteiger partial charge in [-0.25, -0.2) is 0 Å². The van der Waals surface area contributed by atoms with Crippen molar-refractivity contribution in [2.45, 2.75) is 26.0 Å². The molecule has 0 aliphatic carbocycles. The molecule has 2 unspecified atom stereocenters. The lowest BCUT2D eigenvalue weighted by molar-refractivity contribution is -0.00201. The van der Waals surface area contributed by atoms with Crippen LogP contribution >= 0.6 is 0 Å². The molecule has 1 heterocycles. The molecule has 106 valence electrons. The quantitative estimate of drug-likeness (QED) is 0.858. The molecule has 2 N–H and O–H groups in total. The molecule has 0 radical (unpaired) electrons. The lowest BCUT2D eigenvalue weighted by Gasteiger charge is -2.35. The predicted molar refractivity (Wildman–Crippen MR) is 74.2 cm³/mol. The highest BCUT2D eigenvalue weighted by Crippen LogP contribution is 2.22. The van der Waals surface area contributed by atoms with Gasteiger partial charge in [0, 0.05) is 32.2 Å². The van der Waals surface area contributed by atoms with Crippen molar-refractivity contribution in [3.8, 4) is 5.75 Å². The Bertz CT molecular complexity index is 422. The number of aryl methyl sites for hydroxylation is 1. The molecule has 1 aliphatic rings. The van der Waals surface area contributed by atoms with Gasteiger partial charge in [-0.1, -0.05) is 12.1 Å². The molecule has 1 saturated heterocycles. The Morgan fingerprint density at radius 3 is 2.84 bits per heavy atom. The van der Waals surface area contributed by atoms with Crippen LogP contribution in [0.5, 0.6) is 5.75 Å². The molecule has 4 nitrogen and oxygen atoms in total. The van der Waals surface area contributed by atoms with Crippen molar-refractivity contribution in [1.82, 2.24) is 4.90 Å². The zero-order valence-corrected chi connectivity index (χ0v) is 11.7. The van der Waals surface area contributed by atoms with Gasteiger partial charge < -0.3 is 14.9 Å². The third-order valence-corrected chi connectivity index (χ3v) is 3.88. The summed E-state index contributed by atoms with van der Waals surface area (Å²) in [6.45, 7) is 4.58. The minimum atomic E-state index is -0.362. The van der Waals surface area contributed by atoms with Crippen molar-refractivity contribution in [3.05, 3.63) is 29.3 Å². The maximum absolute atomic E-state index is 9.76. The molecule has 1 fully saturated rings. The van der Waals surface area contributed by atoms with Gasteiger partial charge in [0.15, 0.2) is 0 Å². The van der Waals surface area contributed by atoms with Crippen LogP contribution in [0.3, 0.4) is 0 Å². The fourth-order valence-corrected chi connectivity index (χ4v) is 2.72. The van der Waals surface area contributed by atoms with Crippen molar-refractivity contribution in [1.29, 1.82) is 0 Å². The first-order valence-electron chi connectivity index (χ1n) is 6.79. The molecule has 0 saturated carbocycles. The molecule has 0 spiro atoms. The lowest BCUT2D eigenvalue weighted by atomic mass is 9.95. The van der Waals surface area contributed by atoms with Gasteiger partial charge in [0.25, 0.3) is 0 Å². The standard InChI is InChI=1S/C15H23NO3/c1-11-7-12(3-4-15(11)19-2)8-16-6-5-14(18)13(9-16)10-17/h3-4,7,13-14,17-18H,5-6,8-10H2,1-2H3. The van der Waals surface area contributed by atoms with Crippen molar-refractivity contribution in [2.24, 2.45) is 5.92 Å². The number of hydrogen-bond donors (Lipinski definition) is 2. The Labute approximate surface area is 114 Å². The summed E-state index contributed by atoms with van der Waals surface area (Å²) in [4.78, 5) is 2.29. The van der Waals surface area contributed by atoms with E-state index in [1.165, 1.54) is 5.56 Å². The second-order valence-electron chi connectivity index (χ2n) is 5.34. The number of piperidine rings is 1. The molecule has 1 aromatic rings. The van der Waals surface area contributed by atoms with Crippen LogP contribution in [-0.2, 0) is 6.54 Å². The number of likely N-dealkylation sites (tertiary alicyclic amines) is 1. The molecule has 1 aromatic carbocycles. The van der Waals surface area contributed by atoms with Gasteiger partial charge in [-0.15, -0.1) is 0 Å². The normalized spacial score (nSPS) is 24.4. The second kappa shape index (κ2) is 6.37. The average Bonchev–Trinajstić information content (AvgIpc) is 2.41. The number of ether oxygens (including phenoxy) is 1. The predicted octanol–water partition coefficient (Wildman–Crippen LogP) is 1.18. The van der Waals surface area contributed by atoms with Crippen molar-refractivity contribution < 1.29 is 14.9 Å². The first kappa shape index (κ1) is 14.3. The SMILES string of the molecule is COc1ccc(CN2CCC(O)C(CO)C2)cc1C. The van der Waals surface area contributed by atoms with Gasteiger partial charge in [-0.2, -0.15) is 0 Å². The third kappa shape index (κ3) is 3.47. The fourth-order valence-electron chi connectivity index (χ4n) is 2.72. The van der Waals surface area contributed by atoms with Crippen molar-refractivity contribution in [3.63, 3.8) is 0 Å². The van der Waals surface area contributed by atoms with Gasteiger partial charge >= 0.3 is 0 Å². The van der Waals surface area contributed by atoms with Crippen LogP contribution in [0, 0.1) is 12.8 Å². The van der Waals surface area contributed by atoms with Crippen LogP contribution in [0.15, 0.2) is 18.2 Å². The Balaban J connectivity index is 1.99. The summed E-state index contributed by atoms with van der Waals surface area (Å²) in [7, 11) is 1.68. The number of benzene rings is 1. The highest BCUT2D eigenvalue weighted by atomic mass is 16.5. The molecule has 2 atom stereocenters. The van der Waals surface area contributed by atoms with Crippen molar-refractivity contribution >= 4 is 0 Å². The summed E-state index contributed by atoms with van der Waals surface area (Å²) in [6, 6.07) is 6.20. The number of nitrogens with zero attached hydrogens (tertiary/aromatic N) is 1. The summed E-state index contributed by atoms with van der Waals surface area (Å²) in [5, 5.41) is 19.0. The van der Waals surface area contributed by atoms with E-state index in [1.54, 1.807) is 7.11 Å². The van der Waals surface area contributed by atoms with E-state index in [1.807, 2.05) is 13.0 Å². The number of aliphatic hydroxyl groups excluding tert-OH is 2. The van der Waals surface area contributed by atoms with Crippen LogP contribution in [0.4, 0.5) is 0 Å². The topological polar surface area (TPSA) is 52.9 Å². The smallest absolute Gasteiger partial charge is 0.121 e. The maximum Gasteiger partial charge on any atom is 0.121 e. The Kier molecular flexibility index (Phi) is 4.80. The average molecular weight is 265 g/mol. The minimum Gasteiger partial charge on any atom is -0.496 e. The molecule has 0 amide bonds. The maximum atomic E-state index is 9.76. The number of methoxy groups -OCH3 is 1. The van der Waals surface area contributed by atoms with Gasteiger partial charge in [0.2, 0.25) is 0 Å². The molecule has 4 heteroatoms. The highest BCUT2D eigenvalue weighted by molar-refractivity contribution is 5.36. The second-order valence-corrected chi connectivity index (χ2v) is 5.34. The number of hydrogen-bond acceptors (Lipinski definition) is 4. The molecule has 0 bridgehead atoms.